The number of hydrogen-bond donors (Lipinski definition) is 0. The lowest BCUT2D eigenvalue weighted by Crippen LogP contribution is -2.10. The molecule has 0 aromatic rings. The predicted octanol–water partition coefficient (Wildman–Crippen LogP) is 4.06. The van der Waals surface area contributed by atoms with Crippen LogP contribution in [0.4, 0.5) is 8.78 Å². The van der Waals surface area contributed by atoms with Gasteiger partial charge < -0.3 is 9.05 Å². The van der Waals surface area contributed by atoms with Crippen molar-refractivity contribution in [3.63, 3.8) is 0 Å². The third-order valence-corrected chi connectivity index (χ3v) is 4.35. The maximum atomic E-state index is 12.8. The van der Waals surface area contributed by atoms with Crippen molar-refractivity contribution in [3.8, 4) is 6.07 Å². The number of nitriles is 1. The SMILES string of the molecule is CCOP(=O)(OCC)/C(C#N)=C(\Cl)C(F)(F)Cl. The molecule has 0 aliphatic carbocycles. The maximum absolute atomic E-state index is 12.8. The summed E-state index contributed by atoms with van der Waals surface area (Å²) in [5.41, 5.74) is 0. The number of alkyl halides is 3. The smallest absolute Gasteiger partial charge is 0.305 e. The van der Waals surface area contributed by atoms with Crippen LogP contribution in [0, 0.1) is 11.3 Å². The first-order valence-corrected chi connectivity index (χ1v) is 6.79. The first-order chi connectivity index (χ1) is 7.72. The molecule has 0 aromatic heterocycles. The Kier molecular flexibility index (Phi) is 6.60. The third-order valence-electron chi connectivity index (χ3n) is 1.43. The van der Waals surface area contributed by atoms with Crippen molar-refractivity contribution in [2.24, 2.45) is 0 Å². The van der Waals surface area contributed by atoms with Crippen LogP contribution in [0.5, 0.6) is 0 Å². The Bertz CT molecular complexity index is 379. The highest BCUT2D eigenvalue weighted by atomic mass is 35.5. The van der Waals surface area contributed by atoms with E-state index in [4.69, 9.17) is 25.9 Å². The van der Waals surface area contributed by atoms with E-state index in [-0.39, 0.29) is 13.2 Å². The molecule has 4 nitrogen and oxygen atoms in total. The molecule has 0 N–H and O–H groups in total. The van der Waals surface area contributed by atoms with Gasteiger partial charge in [-0.1, -0.05) is 11.6 Å². The van der Waals surface area contributed by atoms with Crippen molar-refractivity contribution in [3.05, 3.63) is 10.3 Å². The molecule has 0 heterocycles. The molecule has 0 aliphatic heterocycles. The van der Waals surface area contributed by atoms with E-state index in [1.54, 1.807) is 0 Å². The average molecular weight is 308 g/mol. The van der Waals surface area contributed by atoms with Gasteiger partial charge >= 0.3 is 13.0 Å². The van der Waals surface area contributed by atoms with Crippen LogP contribution in [0.1, 0.15) is 13.8 Å². The molecule has 98 valence electrons. The fourth-order valence-electron chi connectivity index (χ4n) is 0.871. The second kappa shape index (κ2) is 6.67. The van der Waals surface area contributed by atoms with Crippen molar-refractivity contribution in [1.82, 2.24) is 0 Å². The zero-order chi connectivity index (χ0) is 13.7. The normalized spacial score (nSPS) is 14.2. The van der Waals surface area contributed by atoms with Crippen LogP contribution in [0.25, 0.3) is 0 Å². The van der Waals surface area contributed by atoms with Crippen LogP contribution in [0.3, 0.4) is 0 Å². The number of halogens is 4. The van der Waals surface area contributed by atoms with Gasteiger partial charge in [0.25, 0.3) is 0 Å². The quantitative estimate of drug-likeness (QED) is 0.422. The van der Waals surface area contributed by atoms with Crippen molar-refractivity contribution in [1.29, 1.82) is 5.26 Å². The van der Waals surface area contributed by atoms with E-state index in [1.165, 1.54) is 19.9 Å². The lowest BCUT2D eigenvalue weighted by atomic mass is 10.5. The van der Waals surface area contributed by atoms with Crippen molar-refractivity contribution >= 4 is 30.8 Å². The zero-order valence-corrected chi connectivity index (χ0v) is 11.5. The minimum atomic E-state index is -4.16. The number of allylic oxidation sites excluding steroid dienone is 2. The van der Waals surface area contributed by atoms with Crippen LogP contribution >= 0.6 is 30.8 Å². The predicted molar refractivity (Wildman–Crippen MR) is 60.2 cm³/mol. The first-order valence-electron chi connectivity index (χ1n) is 4.49. The molecule has 0 amide bonds. The summed E-state index contributed by atoms with van der Waals surface area (Å²) in [5.74, 6) is 0. The van der Waals surface area contributed by atoms with Gasteiger partial charge in [0.1, 0.15) is 11.1 Å². The summed E-state index contributed by atoms with van der Waals surface area (Å²) in [5, 5.41) is 2.39. The Morgan fingerprint density at radius 2 is 1.82 bits per heavy atom. The van der Waals surface area contributed by atoms with E-state index in [9.17, 15) is 13.3 Å². The van der Waals surface area contributed by atoms with Gasteiger partial charge in [0.05, 0.1) is 13.2 Å². The van der Waals surface area contributed by atoms with E-state index in [1.807, 2.05) is 0 Å². The Balaban J connectivity index is 5.65. The Hall–Kier alpha value is -0.180. The summed E-state index contributed by atoms with van der Waals surface area (Å²) in [6.45, 7) is 2.74. The second-order valence-electron chi connectivity index (χ2n) is 2.61. The molecule has 0 saturated carbocycles. The average Bonchev–Trinajstić information content (AvgIpc) is 2.17. The van der Waals surface area contributed by atoms with Crippen molar-refractivity contribution in [2.75, 3.05) is 13.2 Å². The molecule has 0 fully saturated rings. The molecule has 9 heteroatoms. The van der Waals surface area contributed by atoms with E-state index in [2.05, 4.69) is 11.6 Å². The van der Waals surface area contributed by atoms with E-state index >= 15 is 0 Å². The number of rotatable bonds is 6. The summed E-state index contributed by atoms with van der Waals surface area (Å²) < 4.78 is 47.0. The van der Waals surface area contributed by atoms with Crippen LogP contribution in [0.15, 0.2) is 10.3 Å². The summed E-state index contributed by atoms with van der Waals surface area (Å²) in [4.78, 5) is 0. The largest absolute Gasteiger partial charge is 0.373 e. The highest BCUT2D eigenvalue weighted by molar-refractivity contribution is 7.59. The summed E-state index contributed by atoms with van der Waals surface area (Å²) >= 11 is 9.88. The summed E-state index contributed by atoms with van der Waals surface area (Å²) in [6.07, 6.45) is 0. The third kappa shape index (κ3) is 4.53. The van der Waals surface area contributed by atoms with Crippen LogP contribution in [0.2, 0.25) is 0 Å². The van der Waals surface area contributed by atoms with E-state index in [0.29, 0.717) is 0 Å². The monoisotopic (exact) mass is 307 g/mol. The standard InChI is InChI=1S/C8H10Cl2F2NO3P/c1-3-15-17(14,16-4-2)6(5-13)7(9)8(10,11)12/h3-4H2,1-2H3/b7-6-. The van der Waals surface area contributed by atoms with E-state index in [0.717, 1.165) is 0 Å². The number of hydrogen-bond acceptors (Lipinski definition) is 4. The molecule has 0 unspecified atom stereocenters. The Labute approximate surface area is 108 Å². The van der Waals surface area contributed by atoms with Crippen LogP contribution in [-0.4, -0.2) is 18.6 Å². The minimum absolute atomic E-state index is 0.0967. The van der Waals surface area contributed by atoms with Crippen molar-refractivity contribution < 1.29 is 22.4 Å². The van der Waals surface area contributed by atoms with Crippen LogP contribution in [-0.2, 0) is 13.6 Å². The molecule has 0 saturated heterocycles. The van der Waals surface area contributed by atoms with Crippen molar-refractivity contribution in [2.45, 2.75) is 19.2 Å². The van der Waals surface area contributed by atoms with Gasteiger partial charge in [0, 0.05) is 0 Å². The van der Waals surface area contributed by atoms with Gasteiger partial charge in [0.2, 0.25) is 0 Å². The van der Waals surface area contributed by atoms with Gasteiger partial charge in [-0.15, -0.1) is 0 Å². The van der Waals surface area contributed by atoms with Gasteiger partial charge in [-0.25, -0.2) is 0 Å². The fraction of sp³-hybridized carbons (Fsp3) is 0.625. The van der Waals surface area contributed by atoms with E-state index < -0.39 is 23.3 Å². The number of nitrogens with zero attached hydrogens (tertiary/aromatic N) is 1. The fourth-order valence-corrected chi connectivity index (χ4v) is 2.90. The molecule has 0 rings (SSSR count). The Morgan fingerprint density at radius 1 is 1.41 bits per heavy atom. The maximum Gasteiger partial charge on any atom is 0.373 e. The Morgan fingerprint density at radius 3 is 2.06 bits per heavy atom. The lowest BCUT2D eigenvalue weighted by molar-refractivity contribution is 0.146. The molecule has 0 radical (unpaired) electrons. The molecular formula is C8H10Cl2F2NO3P. The molecule has 17 heavy (non-hydrogen) atoms. The molecule has 0 aromatic carbocycles. The zero-order valence-electron chi connectivity index (χ0n) is 9.05. The highest BCUT2D eigenvalue weighted by Crippen LogP contribution is 2.59. The molecule has 0 spiro atoms. The minimum Gasteiger partial charge on any atom is -0.305 e. The van der Waals surface area contributed by atoms with Gasteiger partial charge in [-0.05, 0) is 25.4 Å². The molecule has 0 aliphatic rings. The molecule has 0 bridgehead atoms. The summed E-state index contributed by atoms with van der Waals surface area (Å²) in [6, 6.07) is 1.29. The first kappa shape index (κ1) is 16.8. The molecular weight excluding hydrogens is 298 g/mol. The highest BCUT2D eigenvalue weighted by Gasteiger charge is 2.41. The second-order valence-corrected chi connectivity index (χ2v) is 5.42. The van der Waals surface area contributed by atoms with Gasteiger partial charge in [-0.3, -0.25) is 4.57 Å². The van der Waals surface area contributed by atoms with Gasteiger partial charge in [0.15, 0.2) is 5.31 Å². The van der Waals surface area contributed by atoms with Crippen LogP contribution < -0.4 is 0 Å². The van der Waals surface area contributed by atoms with Gasteiger partial charge in [-0.2, -0.15) is 14.0 Å². The lowest BCUT2D eigenvalue weighted by Gasteiger charge is -2.18. The summed E-state index contributed by atoms with van der Waals surface area (Å²) in [7, 11) is -4.16. The topological polar surface area (TPSA) is 59.3 Å². The molecule has 0 atom stereocenters.